The molecule has 1 heterocycles. The highest BCUT2D eigenvalue weighted by Gasteiger charge is 2.22. The quantitative estimate of drug-likeness (QED) is 0.286. The van der Waals surface area contributed by atoms with Crippen molar-refractivity contribution in [1.82, 2.24) is 5.01 Å². The molecule has 0 saturated heterocycles. The third-order valence-corrected chi connectivity index (χ3v) is 2.39. The van der Waals surface area contributed by atoms with Gasteiger partial charge in [-0.2, -0.15) is 9.67 Å². The lowest BCUT2D eigenvalue weighted by molar-refractivity contribution is -0.602. The SMILES string of the molecule is CN(C)/N=C/c1cc[n+](-c2c([O-])c(=O)c2=O)cc1. The van der Waals surface area contributed by atoms with Gasteiger partial charge < -0.3 is 10.1 Å². The van der Waals surface area contributed by atoms with Crippen molar-refractivity contribution in [3.8, 4) is 11.4 Å². The molecule has 18 heavy (non-hydrogen) atoms. The molecule has 0 atom stereocenters. The number of hydrogen-bond acceptors (Lipinski definition) is 5. The monoisotopic (exact) mass is 245 g/mol. The summed E-state index contributed by atoms with van der Waals surface area (Å²) in [7, 11) is 3.60. The molecule has 0 radical (unpaired) electrons. The predicted octanol–water partition coefficient (Wildman–Crippen LogP) is -1.47. The van der Waals surface area contributed by atoms with Gasteiger partial charge in [0.25, 0.3) is 11.1 Å². The van der Waals surface area contributed by atoms with Crippen LogP contribution in [0.3, 0.4) is 0 Å². The Balaban J connectivity index is 2.29. The molecule has 92 valence electrons. The van der Waals surface area contributed by atoms with Crippen LogP contribution in [-0.2, 0) is 0 Å². The van der Waals surface area contributed by atoms with Gasteiger partial charge in [0.05, 0.1) is 6.21 Å². The van der Waals surface area contributed by atoms with E-state index >= 15 is 0 Å². The van der Waals surface area contributed by atoms with E-state index in [1.165, 1.54) is 4.57 Å². The number of aromatic nitrogens is 1. The van der Waals surface area contributed by atoms with E-state index in [0.717, 1.165) is 5.56 Å². The third kappa shape index (κ3) is 2.00. The largest absolute Gasteiger partial charge is 0.865 e. The lowest BCUT2D eigenvalue weighted by Gasteiger charge is -2.08. The van der Waals surface area contributed by atoms with Gasteiger partial charge in [-0.05, 0) is 0 Å². The Labute approximate surface area is 103 Å². The second-order valence-electron chi connectivity index (χ2n) is 3.97. The van der Waals surface area contributed by atoms with Crippen molar-refractivity contribution in [2.24, 2.45) is 5.10 Å². The maximum atomic E-state index is 11.2. The molecule has 1 aromatic heterocycles. The van der Waals surface area contributed by atoms with Crippen LogP contribution < -0.4 is 20.5 Å². The van der Waals surface area contributed by atoms with Crippen LogP contribution in [0.25, 0.3) is 5.69 Å². The Kier molecular flexibility index (Phi) is 2.93. The normalized spacial score (nSPS) is 11.2. The van der Waals surface area contributed by atoms with Crippen molar-refractivity contribution in [3.63, 3.8) is 0 Å². The van der Waals surface area contributed by atoms with E-state index in [1.54, 1.807) is 49.8 Å². The van der Waals surface area contributed by atoms with Crippen LogP contribution in [0.4, 0.5) is 0 Å². The topological polar surface area (TPSA) is 76.7 Å². The fourth-order valence-electron chi connectivity index (χ4n) is 1.45. The van der Waals surface area contributed by atoms with Crippen LogP contribution in [0.2, 0.25) is 0 Å². The minimum Gasteiger partial charge on any atom is -0.865 e. The Morgan fingerprint density at radius 2 is 1.83 bits per heavy atom. The summed E-state index contributed by atoms with van der Waals surface area (Å²) in [5.41, 5.74) is -0.961. The molecule has 0 N–H and O–H groups in total. The summed E-state index contributed by atoms with van der Waals surface area (Å²) in [6, 6.07) is 3.40. The number of nitrogens with zero attached hydrogens (tertiary/aromatic N) is 3. The van der Waals surface area contributed by atoms with Crippen LogP contribution in [0, 0.1) is 0 Å². The number of rotatable bonds is 3. The highest BCUT2D eigenvalue weighted by molar-refractivity contribution is 5.78. The van der Waals surface area contributed by atoms with Crippen LogP contribution >= 0.6 is 0 Å². The minimum absolute atomic E-state index is 0.101. The van der Waals surface area contributed by atoms with E-state index in [1.807, 2.05) is 0 Å². The van der Waals surface area contributed by atoms with Crippen LogP contribution in [0.15, 0.2) is 39.2 Å². The molecule has 0 aliphatic heterocycles. The summed E-state index contributed by atoms with van der Waals surface area (Å²) in [4.78, 5) is 22.0. The van der Waals surface area contributed by atoms with Gasteiger partial charge in [-0.25, -0.2) is 0 Å². The first-order chi connectivity index (χ1) is 8.50. The van der Waals surface area contributed by atoms with Crippen molar-refractivity contribution in [1.29, 1.82) is 0 Å². The summed E-state index contributed by atoms with van der Waals surface area (Å²) in [5, 5.41) is 16.9. The average molecular weight is 245 g/mol. The van der Waals surface area contributed by atoms with E-state index in [0.29, 0.717) is 0 Å². The second kappa shape index (κ2) is 4.40. The Morgan fingerprint density at radius 1 is 1.22 bits per heavy atom. The average Bonchev–Trinajstić information content (AvgIpc) is 2.37. The van der Waals surface area contributed by atoms with Crippen molar-refractivity contribution in [2.75, 3.05) is 14.1 Å². The first-order valence-corrected chi connectivity index (χ1v) is 5.24. The summed E-state index contributed by atoms with van der Waals surface area (Å²) >= 11 is 0. The molecule has 1 aromatic carbocycles. The molecule has 0 aliphatic carbocycles. The van der Waals surface area contributed by atoms with Gasteiger partial charge in [0.1, 0.15) is 0 Å². The minimum atomic E-state index is -0.948. The van der Waals surface area contributed by atoms with E-state index < -0.39 is 16.6 Å². The van der Waals surface area contributed by atoms with Crippen molar-refractivity contribution in [3.05, 3.63) is 50.5 Å². The van der Waals surface area contributed by atoms with E-state index in [4.69, 9.17) is 0 Å². The second-order valence-corrected chi connectivity index (χ2v) is 3.97. The molecule has 0 bridgehead atoms. The molecule has 6 nitrogen and oxygen atoms in total. The fourth-order valence-corrected chi connectivity index (χ4v) is 1.45. The van der Waals surface area contributed by atoms with Crippen LogP contribution in [-0.4, -0.2) is 25.3 Å². The molecule has 0 spiro atoms. The molecule has 0 aliphatic rings. The van der Waals surface area contributed by atoms with Gasteiger partial charge in [-0.15, -0.1) is 0 Å². The van der Waals surface area contributed by atoms with Crippen molar-refractivity contribution < 1.29 is 9.67 Å². The van der Waals surface area contributed by atoms with E-state index in [-0.39, 0.29) is 5.69 Å². The van der Waals surface area contributed by atoms with Crippen LogP contribution in [0.1, 0.15) is 5.56 Å². The highest BCUT2D eigenvalue weighted by Crippen LogP contribution is 2.03. The van der Waals surface area contributed by atoms with Gasteiger partial charge in [0.2, 0.25) is 5.43 Å². The van der Waals surface area contributed by atoms with Gasteiger partial charge >= 0.3 is 0 Å². The molecule has 2 rings (SSSR count). The summed E-state index contributed by atoms with van der Waals surface area (Å²) in [5.74, 6) is -0.736. The number of hydrogen-bond donors (Lipinski definition) is 0. The first kappa shape index (κ1) is 12.0. The Morgan fingerprint density at radius 3 is 2.33 bits per heavy atom. The first-order valence-electron chi connectivity index (χ1n) is 5.24. The standard InChI is InChI=1S/C12H11N3O3/c1-14(2)13-7-8-3-5-15(6-4-8)9-10(16)12(18)11(9)17/h3-7H,1-2H3. The van der Waals surface area contributed by atoms with Gasteiger partial charge in [-0.1, -0.05) is 0 Å². The highest BCUT2D eigenvalue weighted by atomic mass is 16.3. The lowest BCUT2D eigenvalue weighted by Crippen LogP contribution is -2.49. The number of pyridine rings is 1. The third-order valence-electron chi connectivity index (χ3n) is 2.39. The number of hydrazone groups is 1. The maximum Gasteiger partial charge on any atom is 0.296 e. The zero-order chi connectivity index (χ0) is 13.3. The Hall–Kier alpha value is -2.50. The molecule has 6 heteroatoms. The summed E-state index contributed by atoms with van der Waals surface area (Å²) < 4.78 is 1.35. The molecular formula is C12H11N3O3. The zero-order valence-electron chi connectivity index (χ0n) is 9.95. The molecule has 0 unspecified atom stereocenters. The summed E-state index contributed by atoms with van der Waals surface area (Å²) in [6.07, 6.45) is 4.74. The fraction of sp³-hybridized carbons (Fsp3) is 0.167. The van der Waals surface area contributed by atoms with Gasteiger partial charge in [0, 0.05) is 37.5 Å². The molecule has 0 amide bonds. The Bertz CT molecular complexity index is 665. The van der Waals surface area contributed by atoms with Gasteiger partial charge in [-0.3, -0.25) is 9.59 Å². The van der Waals surface area contributed by atoms with E-state index in [9.17, 15) is 14.7 Å². The molecule has 0 fully saturated rings. The van der Waals surface area contributed by atoms with Crippen LogP contribution in [0.5, 0.6) is 5.75 Å². The lowest BCUT2D eigenvalue weighted by atomic mass is 10.2. The predicted molar refractivity (Wildman–Crippen MR) is 63.6 cm³/mol. The summed E-state index contributed by atoms with van der Waals surface area (Å²) in [6.45, 7) is 0. The van der Waals surface area contributed by atoms with Crippen molar-refractivity contribution >= 4 is 6.21 Å². The van der Waals surface area contributed by atoms with E-state index in [2.05, 4.69) is 5.10 Å². The zero-order valence-corrected chi connectivity index (χ0v) is 9.95. The smallest absolute Gasteiger partial charge is 0.296 e. The molecule has 0 saturated carbocycles. The maximum absolute atomic E-state index is 11.2. The molecule has 2 aromatic rings. The van der Waals surface area contributed by atoms with Crippen molar-refractivity contribution in [2.45, 2.75) is 0 Å². The van der Waals surface area contributed by atoms with Gasteiger partial charge in [0.15, 0.2) is 12.4 Å². The molecular weight excluding hydrogens is 234 g/mol.